The van der Waals surface area contributed by atoms with Gasteiger partial charge >= 0.3 is 0 Å². The van der Waals surface area contributed by atoms with Crippen molar-refractivity contribution >= 4 is 16.7 Å². The third kappa shape index (κ3) is 3.08. The molecule has 1 N–H and O–H groups in total. The molecule has 26 heavy (non-hydrogen) atoms. The maximum atomic E-state index is 10.6. The number of rotatable bonds is 6. The quantitative estimate of drug-likeness (QED) is 0.680. The molecule has 0 radical (unpaired) electrons. The van der Waals surface area contributed by atoms with E-state index in [1.807, 2.05) is 36.4 Å². The average Bonchev–Trinajstić information content (AvgIpc) is 3.14. The Labute approximate surface area is 149 Å². The second-order valence-electron chi connectivity index (χ2n) is 5.70. The van der Waals surface area contributed by atoms with Gasteiger partial charge < -0.3 is 19.5 Å². The number of anilines is 1. The molecule has 132 valence electrons. The normalized spacial score (nSPS) is 12.2. The molecule has 0 bridgehead atoms. The number of nitrogens with one attached hydrogen (secondary N) is 1. The van der Waals surface area contributed by atoms with Crippen LogP contribution in [0.15, 0.2) is 41.6 Å². The van der Waals surface area contributed by atoms with E-state index in [0.717, 1.165) is 22.4 Å². The molecular formula is C18H16N4O4. The van der Waals surface area contributed by atoms with Crippen molar-refractivity contribution in [2.24, 2.45) is 5.18 Å². The summed E-state index contributed by atoms with van der Waals surface area (Å²) in [5, 5.41) is 6.99. The van der Waals surface area contributed by atoms with Crippen LogP contribution in [0.2, 0.25) is 0 Å². The summed E-state index contributed by atoms with van der Waals surface area (Å²) < 4.78 is 16.0. The fourth-order valence-corrected chi connectivity index (χ4v) is 2.78. The predicted molar refractivity (Wildman–Crippen MR) is 95.5 cm³/mol. The van der Waals surface area contributed by atoms with Crippen LogP contribution < -0.4 is 19.5 Å². The van der Waals surface area contributed by atoms with Crippen LogP contribution in [-0.2, 0) is 13.1 Å². The molecular weight excluding hydrogens is 336 g/mol. The summed E-state index contributed by atoms with van der Waals surface area (Å²) in [5.41, 5.74) is 1.73. The number of fused-ring (bicyclic) bond motifs is 2. The van der Waals surface area contributed by atoms with Crippen molar-refractivity contribution in [2.75, 3.05) is 19.2 Å². The van der Waals surface area contributed by atoms with Crippen molar-refractivity contribution in [3.05, 3.63) is 52.7 Å². The molecule has 2 heterocycles. The third-order valence-corrected chi connectivity index (χ3v) is 4.05. The predicted octanol–water partition coefficient (Wildman–Crippen LogP) is 3.25. The van der Waals surface area contributed by atoms with Gasteiger partial charge in [0.25, 0.3) is 0 Å². The molecule has 0 atom stereocenters. The van der Waals surface area contributed by atoms with Crippen molar-refractivity contribution in [2.45, 2.75) is 13.1 Å². The SMILES string of the molecule is COc1ccc2nc(CN=O)nc(NCc3ccc4c(c3)OCO4)c2c1. The summed E-state index contributed by atoms with van der Waals surface area (Å²) in [6.07, 6.45) is 0. The van der Waals surface area contributed by atoms with Crippen LogP contribution >= 0.6 is 0 Å². The highest BCUT2D eigenvalue weighted by molar-refractivity contribution is 5.90. The van der Waals surface area contributed by atoms with Crippen LogP contribution in [0, 0.1) is 4.91 Å². The van der Waals surface area contributed by atoms with Crippen molar-refractivity contribution < 1.29 is 14.2 Å². The molecule has 0 spiro atoms. The minimum atomic E-state index is -0.0827. The summed E-state index contributed by atoms with van der Waals surface area (Å²) in [6.45, 7) is 0.680. The Balaban J connectivity index is 1.66. The van der Waals surface area contributed by atoms with Gasteiger partial charge in [0.05, 0.1) is 12.6 Å². The molecule has 0 saturated carbocycles. The molecule has 0 fully saturated rings. The first-order valence-electron chi connectivity index (χ1n) is 8.03. The Morgan fingerprint density at radius 1 is 1.15 bits per heavy atom. The molecule has 0 amide bonds. The van der Waals surface area contributed by atoms with Crippen molar-refractivity contribution in [3.63, 3.8) is 0 Å². The van der Waals surface area contributed by atoms with Crippen LogP contribution in [-0.4, -0.2) is 23.9 Å². The van der Waals surface area contributed by atoms with Gasteiger partial charge in [-0.05, 0) is 35.9 Å². The highest BCUT2D eigenvalue weighted by atomic mass is 16.7. The Kier molecular flexibility index (Phi) is 4.22. The maximum Gasteiger partial charge on any atom is 0.231 e. The van der Waals surface area contributed by atoms with Gasteiger partial charge in [-0.15, -0.1) is 0 Å². The minimum absolute atomic E-state index is 0.0827. The Morgan fingerprint density at radius 2 is 2.04 bits per heavy atom. The molecule has 1 aliphatic heterocycles. The second kappa shape index (κ2) is 6.83. The molecule has 0 aliphatic carbocycles. The van der Waals surface area contributed by atoms with E-state index in [-0.39, 0.29) is 13.3 Å². The lowest BCUT2D eigenvalue weighted by atomic mass is 10.2. The Bertz CT molecular complexity index is 977. The molecule has 0 unspecified atom stereocenters. The molecule has 1 aliphatic rings. The van der Waals surface area contributed by atoms with E-state index in [0.29, 0.717) is 29.5 Å². The van der Waals surface area contributed by atoms with E-state index < -0.39 is 0 Å². The van der Waals surface area contributed by atoms with E-state index >= 15 is 0 Å². The van der Waals surface area contributed by atoms with Crippen LogP contribution in [0.5, 0.6) is 17.2 Å². The fourth-order valence-electron chi connectivity index (χ4n) is 2.78. The summed E-state index contributed by atoms with van der Waals surface area (Å²) in [7, 11) is 1.60. The highest BCUT2D eigenvalue weighted by Crippen LogP contribution is 2.33. The van der Waals surface area contributed by atoms with Crippen LogP contribution in [0.4, 0.5) is 5.82 Å². The fraction of sp³-hybridized carbons (Fsp3) is 0.222. The molecule has 8 heteroatoms. The third-order valence-electron chi connectivity index (χ3n) is 4.05. The zero-order valence-corrected chi connectivity index (χ0v) is 14.1. The minimum Gasteiger partial charge on any atom is -0.497 e. The van der Waals surface area contributed by atoms with E-state index in [2.05, 4.69) is 20.5 Å². The zero-order valence-electron chi connectivity index (χ0n) is 14.1. The molecule has 4 rings (SSSR count). The summed E-state index contributed by atoms with van der Waals surface area (Å²) in [5.74, 6) is 3.15. The summed E-state index contributed by atoms with van der Waals surface area (Å²) >= 11 is 0. The first-order valence-corrected chi connectivity index (χ1v) is 8.03. The number of methoxy groups -OCH3 is 1. The number of aromatic nitrogens is 2. The largest absolute Gasteiger partial charge is 0.497 e. The zero-order chi connectivity index (χ0) is 17.9. The van der Waals surface area contributed by atoms with E-state index in [4.69, 9.17) is 14.2 Å². The summed E-state index contributed by atoms with van der Waals surface area (Å²) in [6, 6.07) is 11.3. The monoisotopic (exact) mass is 352 g/mol. The van der Waals surface area contributed by atoms with Gasteiger partial charge in [0, 0.05) is 11.9 Å². The number of hydrogen-bond acceptors (Lipinski definition) is 8. The molecule has 8 nitrogen and oxygen atoms in total. The second-order valence-corrected chi connectivity index (χ2v) is 5.70. The van der Waals surface area contributed by atoms with Gasteiger partial charge in [0.1, 0.15) is 18.1 Å². The van der Waals surface area contributed by atoms with Gasteiger partial charge in [-0.2, -0.15) is 4.91 Å². The van der Waals surface area contributed by atoms with Gasteiger partial charge in [0.15, 0.2) is 17.3 Å². The van der Waals surface area contributed by atoms with Crippen molar-refractivity contribution in [1.82, 2.24) is 9.97 Å². The Morgan fingerprint density at radius 3 is 2.88 bits per heavy atom. The lowest BCUT2D eigenvalue weighted by Gasteiger charge is -2.11. The number of hydrogen-bond donors (Lipinski definition) is 1. The molecule has 0 saturated heterocycles. The molecule has 1 aromatic heterocycles. The number of nitrogens with zero attached hydrogens (tertiary/aromatic N) is 3. The lowest BCUT2D eigenvalue weighted by Crippen LogP contribution is -2.05. The van der Waals surface area contributed by atoms with Crippen LogP contribution in [0.1, 0.15) is 11.4 Å². The smallest absolute Gasteiger partial charge is 0.231 e. The van der Waals surface area contributed by atoms with Crippen molar-refractivity contribution in [1.29, 1.82) is 0 Å². The van der Waals surface area contributed by atoms with Gasteiger partial charge in [-0.3, -0.25) is 0 Å². The van der Waals surface area contributed by atoms with E-state index in [1.54, 1.807) is 7.11 Å². The highest BCUT2D eigenvalue weighted by Gasteiger charge is 2.14. The number of benzene rings is 2. The number of nitroso groups, excluding NO2 is 1. The van der Waals surface area contributed by atoms with E-state index in [1.165, 1.54) is 0 Å². The topological polar surface area (TPSA) is 94.9 Å². The summed E-state index contributed by atoms with van der Waals surface area (Å²) in [4.78, 5) is 19.4. The first kappa shape index (κ1) is 16.1. The molecule has 2 aromatic carbocycles. The van der Waals surface area contributed by atoms with Gasteiger partial charge in [-0.25, -0.2) is 9.97 Å². The Hall–Kier alpha value is -3.42. The lowest BCUT2D eigenvalue weighted by molar-refractivity contribution is 0.174. The molecule has 3 aromatic rings. The number of ether oxygens (including phenoxy) is 3. The van der Waals surface area contributed by atoms with Gasteiger partial charge in [-0.1, -0.05) is 11.2 Å². The van der Waals surface area contributed by atoms with Gasteiger partial charge in [0.2, 0.25) is 6.79 Å². The maximum absolute atomic E-state index is 10.6. The first-order chi connectivity index (χ1) is 12.8. The van der Waals surface area contributed by atoms with Crippen molar-refractivity contribution in [3.8, 4) is 17.2 Å². The standard InChI is InChI=1S/C18H16N4O4/c1-24-12-3-4-14-13(7-12)18(22-17(21-14)9-20-23)19-8-11-2-5-15-16(6-11)26-10-25-15/h2-7H,8-10H2,1H3,(H,19,21,22). The van der Waals surface area contributed by atoms with Crippen LogP contribution in [0.3, 0.4) is 0 Å². The van der Waals surface area contributed by atoms with Crippen LogP contribution in [0.25, 0.3) is 10.9 Å². The van der Waals surface area contributed by atoms with E-state index in [9.17, 15) is 4.91 Å². The average molecular weight is 352 g/mol.